The van der Waals surface area contributed by atoms with E-state index in [0.717, 1.165) is 5.56 Å². The van der Waals surface area contributed by atoms with Crippen LogP contribution in [0.4, 0.5) is 11.5 Å². The topological polar surface area (TPSA) is 108 Å². The van der Waals surface area contributed by atoms with Gasteiger partial charge in [-0.25, -0.2) is 0 Å². The summed E-state index contributed by atoms with van der Waals surface area (Å²) < 4.78 is 3.05. The standard InChI is InChI=1S/C18H19ClN6O3/c1-3-16(24-12(2)8-17(22-24)25(27)28)18(26)21-14-9-20-23(11-14)10-13-6-4-5-7-15(13)19/h4-9,11,16H,3,10H2,1-2H3,(H,21,26). The van der Waals surface area contributed by atoms with E-state index >= 15 is 0 Å². The minimum atomic E-state index is -0.666. The predicted octanol–water partition coefficient (Wildman–Crippen LogP) is 3.59. The van der Waals surface area contributed by atoms with E-state index in [9.17, 15) is 14.9 Å². The molecule has 2 aromatic heterocycles. The molecule has 0 saturated carbocycles. The molecule has 3 aromatic rings. The van der Waals surface area contributed by atoms with E-state index < -0.39 is 11.0 Å². The summed E-state index contributed by atoms with van der Waals surface area (Å²) in [5.41, 5.74) is 1.98. The van der Waals surface area contributed by atoms with E-state index in [-0.39, 0.29) is 11.7 Å². The second kappa shape index (κ2) is 8.22. The van der Waals surface area contributed by atoms with Gasteiger partial charge in [-0.1, -0.05) is 36.7 Å². The first-order valence-corrected chi connectivity index (χ1v) is 9.04. The molecule has 1 unspecified atom stereocenters. The molecule has 1 atom stereocenters. The van der Waals surface area contributed by atoms with Gasteiger partial charge in [0.2, 0.25) is 0 Å². The molecule has 0 aliphatic rings. The van der Waals surface area contributed by atoms with Crippen LogP contribution in [0.2, 0.25) is 5.02 Å². The van der Waals surface area contributed by atoms with Crippen LogP contribution in [0.3, 0.4) is 0 Å². The number of rotatable bonds is 7. The van der Waals surface area contributed by atoms with Crippen molar-refractivity contribution in [2.45, 2.75) is 32.9 Å². The van der Waals surface area contributed by atoms with Crippen molar-refractivity contribution >= 4 is 29.0 Å². The average molecular weight is 403 g/mol. The number of aryl methyl sites for hydroxylation is 1. The largest absolute Gasteiger partial charge is 0.390 e. The summed E-state index contributed by atoms with van der Waals surface area (Å²) in [5, 5.41) is 22.5. The number of nitrogens with zero attached hydrogens (tertiary/aromatic N) is 5. The summed E-state index contributed by atoms with van der Waals surface area (Å²) in [5.74, 6) is -0.600. The summed E-state index contributed by atoms with van der Waals surface area (Å²) in [6.45, 7) is 3.97. The number of hydrogen-bond donors (Lipinski definition) is 1. The molecule has 0 radical (unpaired) electrons. The van der Waals surface area contributed by atoms with Crippen molar-refractivity contribution in [3.63, 3.8) is 0 Å². The van der Waals surface area contributed by atoms with E-state index in [2.05, 4.69) is 15.5 Å². The van der Waals surface area contributed by atoms with Crippen LogP contribution in [0.15, 0.2) is 42.7 Å². The molecule has 0 bridgehead atoms. The number of anilines is 1. The Morgan fingerprint density at radius 2 is 2.14 bits per heavy atom. The lowest BCUT2D eigenvalue weighted by molar-refractivity contribution is -0.389. The molecule has 0 fully saturated rings. The first-order chi connectivity index (χ1) is 13.4. The Labute approximate surface area is 166 Å². The zero-order valence-corrected chi connectivity index (χ0v) is 16.1. The highest BCUT2D eigenvalue weighted by Gasteiger charge is 2.27. The first-order valence-electron chi connectivity index (χ1n) is 8.66. The molecule has 0 aliphatic carbocycles. The average Bonchev–Trinajstić information content (AvgIpc) is 3.25. The highest BCUT2D eigenvalue weighted by molar-refractivity contribution is 6.31. The Morgan fingerprint density at radius 3 is 2.79 bits per heavy atom. The molecule has 2 heterocycles. The Morgan fingerprint density at radius 1 is 1.39 bits per heavy atom. The number of amides is 1. The fourth-order valence-electron chi connectivity index (χ4n) is 2.89. The van der Waals surface area contributed by atoms with Gasteiger partial charge in [0.15, 0.2) is 6.04 Å². The molecule has 9 nitrogen and oxygen atoms in total. The van der Waals surface area contributed by atoms with Crippen molar-refractivity contribution in [1.82, 2.24) is 19.6 Å². The molecular formula is C18H19ClN6O3. The van der Waals surface area contributed by atoms with E-state index in [4.69, 9.17) is 11.6 Å². The van der Waals surface area contributed by atoms with Gasteiger partial charge in [-0.2, -0.15) is 9.78 Å². The summed E-state index contributed by atoms with van der Waals surface area (Å²) >= 11 is 6.16. The number of hydrogen-bond acceptors (Lipinski definition) is 5. The number of aromatic nitrogens is 4. The zero-order valence-electron chi connectivity index (χ0n) is 15.4. The van der Waals surface area contributed by atoms with Crippen LogP contribution in [-0.4, -0.2) is 30.4 Å². The number of nitrogens with one attached hydrogen (secondary N) is 1. The van der Waals surface area contributed by atoms with Gasteiger partial charge in [-0.3, -0.25) is 9.48 Å². The number of carbonyl (C=O) groups excluding carboxylic acids is 1. The molecule has 10 heteroatoms. The third kappa shape index (κ3) is 4.20. The normalized spacial score (nSPS) is 12.0. The molecule has 28 heavy (non-hydrogen) atoms. The fourth-order valence-corrected chi connectivity index (χ4v) is 3.08. The molecule has 0 saturated heterocycles. The zero-order chi connectivity index (χ0) is 20.3. The Balaban J connectivity index is 1.72. The molecule has 1 amide bonds. The fraction of sp³-hybridized carbons (Fsp3) is 0.278. The third-order valence-corrected chi connectivity index (χ3v) is 4.64. The summed E-state index contributed by atoms with van der Waals surface area (Å²) in [6, 6.07) is 8.14. The van der Waals surface area contributed by atoms with Gasteiger partial charge in [-0.05, 0) is 29.9 Å². The van der Waals surface area contributed by atoms with Gasteiger partial charge in [0, 0.05) is 11.2 Å². The number of benzene rings is 1. The molecule has 1 aromatic carbocycles. The van der Waals surface area contributed by atoms with E-state index in [1.54, 1.807) is 30.1 Å². The number of halogens is 1. The van der Waals surface area contributed by atoms with Crippen molar-refractivity contribution in [3.8, 4) is 0 Å². The van der Waals surface area contributed by atoms with Crippen LogP contribution >= 0.6 is 11.6 Å². The molecular weight excluding hydrogens is 384 g/mol. The Hall–Kier alpha value is -3.20. The highest BCUT2D eigenvalue weighted by atomic mass is 35.5. The lowest BCUT2D eigenvalue weighted by Gasteiger charge is -2.13. The van der Waals surface area contributed by atoms with E-state index in [1.165, 1.54) is 10.7 Å². The van der Waals surface area contributed by atoms with E-state index in [0.29, 0.717) is 29.4 Å². The number of carbonyl (C=O) groups is 1. The quantitative estimate of drug-likeness (QED) is 0.480. The van der Waals surface area contributed by atoms with Gasteiger partial charge in [0.1, 0.15) is 0 Å². The van der Waals surface area contributed by atoms with Crippen LogP contribution in [0.5, 0.6) is 0 Å². The van der Waals surface area contributed by atoms with Crippen LogP contribution in [0.1, 0.15) is 30.6 Å². The van der Waals surface area contributed by atoms with Crippen LogP contribution in [0.25, 0.3) is 0 Å². The Kier molecular flexibility index (Phi) is 5.74. The SMILES string of the molecule is CCC(C(=O)Nc1cnn(Cc2ccccc2Cl)c1)n1nc([N+](=O)[O-])cc1C. The van der Waals surface area contributed by atoms with Crippen LogP contribution in [0, 0.1) is 17.0 Å². The lowest BCUT2D eigenvalue weighted by atomic mass is 10.2. The van der Waals surface area contributed by atoms with Gasteiger partial charge < -0.3 is 15.4 Å². The lowest BCUT2D eigenvalue weighted by Crippen LogP contribution is -2.27. The first kappa shape index (κ1) is 19.6. The van der Waals surface area contributed by atoms with Crippen LogP contribution in [-0.2, 0) is 11.3 Å². The highest BCUT2D eigenvalue weighted by Crippen LogP contribution is 2.21. The Bertz CT molecular complexity index is 1010. The second-order valence-corrected chi connectivity index (χ2v) is 6.68. The van der Waals surface area contributed by atoms with Crippen molar-refractivity contribution in [2.24, 2.45) is 0 Å². The second-order valence-electron chi connectivity index (χ2n) is 6.28. The number of nitro groups is 1. The molecule has 3 rings (SSSR count). The summed E-state index contributed by atoms with van der Waals surface area (Å²) in [7, 11) is 0. The minimum Gasteiger partial charge on any atom is -0.358 e. The minimum absolute atomic E-state index is 0.281. The van der Waals surface area contributed by atoms with Gasteiger partial charge in [0.05, 0.1) is 35.3 Å². The molecule has 0 aliphatic heterocycles. The molecule has 146 valence electrons. The van der Waals surface area contributed by atoms with Crippen molar-refractivity contribution in [1.29, 1.82) is 0 Å². The molecule has 0 spiro atoms. The summed E-state index contributed by atoms with van der Waals surface area (Å²) in [4.78, 5) is 23.0. The van der Waals surface area contributed by atoms with Gasteiger partial charge in [-0.15, -0.1) is 0 Å². The molecule has 1 N–H and O–H groups in total. The summed E-state index contributed by atoms with van der Waals surface area (Å²) in [6.07, 6.45) is 3.67. The monoisotopic (exact) mass is 402 g/mol. The van der Waals surface area contributed by atoms with E-state index in [1.807, 2.05) is 25.1 Å². The maximum absolute atomic E-state index is 12.7. The third-order valence-electron chi connectivity index (χ3n) is 4.27. The predicted molar refractivity (Wildman–Crippen MR) is 104 cm³/mol. The van der Waals surface area contributed by atoms with Crippen LogP contribution < -0.4 is 5.32 Å². The van der Waals surface area contributed by atoms with Gasteiger partial charge >= 0.3 is 5.82 Å². The smallest absolute Gasteiger partial charge is 0.358 e. The van der Waals surface area contributed by atoms with Gasteiger partial charge in [0.25, 0.3) is 5.91 Å². The van der Waals surface area contributed by atoms with Crippen molar-refractivity contribution < 1.29 is 9.72 Å². The maximum atomic E-state index is 12.7. The van der Waals surface area contributed by atoms with Crippen molar-refractivity contribution in [2.75, 3.05) is 5.32 Å². The maximum Gasteiger partial charge on any atom is 0.390 e. The van der Waals surface area contributed by atoms with Crippen molar-refractivity contribution in [3.05, 3.63) is 69.1 Å².